The highest BCUT2D eigenvalue weighted by atomic mass is 35.5. The van der Waals surface area contributed by atoms with E-state index in [1.54, 1.807) is 12.1 Å². The van der Waals surface area contributed by atoms with E-state index in [4.69, 9.17) is 21.1 Å². The van der Waals surface area contributed by atoms with E-state index in [0.29, 0.717) is 17.8 Å². The predicted molar refractivity (Wildman–Crippen MR) is 79.9 cm³/mol. The molecule has 1 amide bonds. The van der Waals surface area contributed by atoms with Gasteiger partial charge in [0.25, 0.3) is 0 Å². The molecule has 0 atom stereocenters. The number of amides is 1. The first-order chi connectivity index (χ1) is 9.81. The van der Waals surface area contributed by atoms with Gasteiger partial charge in [0, 0.05) is 6.54 Å². The molecule has 0 saturated carbocycles. The van der Waals surface area contributed by atoms with Crippen molar-refractivity contribution in [3.8, 4) is 0 Å². The van der Waals surface area contributed by atoms with Crippen molar-refractivity contribution in [1.82, 2.24) is 0 Å². The largest absolute Gasteiger partial charge is 0.446 e. The SMILES string of the molecule is CC(C)(C)OC(=O)N1CCc2ccc(C(=O)OCCl)cc21. The van der Waals surface area contributed by atoms with E-state index in [9.17, 15) is 9.59 Å². The molecule has 5 nitrogen and oxygen atoms in total. The first kappa shape index (κ1) is 15.6. The summed E-state index contributed by atoms with van der Waals surface area (Å²) in [6.07, 6.45) is 0.323. The highest BCUT2D eigenvalue weighted by molar-refractivity contribution is 6.17. The number of hydrogen-bond acceptors (Lipinski definition) is 4. The zero-order valence-corrected chi connectivity index (χ0v) is 13.1. The molecule has 114 valence electrons. The Hall–Kier alpha value is -1.75. The van der Waals surface area contributed by atoms with Crippen molar-refractivity contribution in [2.75, 3.05) is 17.5 Å². The van der Waals surface area contributed by atoms with E-state index >= 15 is 0 Å². The molecule has 0 unspecified atom stereocenters. The minimum absolute atomic E-state index is 0.203. The van der Waals surface area contributed by atoms with E-state index in [0.717, 1.165) is 12.0 Å². The summed E-state index contributed by atoms with van der Waals surface area (Å²) < 4.78 is 10.1. The second-order valence-corrected chi connectivity index (χ2v) is 5.98. The number of carbonyl (C=O) groups is 2. The Labute approximate surface area is 128 Å². The Morgan fingerprint density at radius 2 is 2.05 bits per heavy atom. The number of halogens is 1. The maximum atomic E-state index is 12.2. The first-order valence-electron chi connectivity index (χ1n) is 6.68. The molecule has 0 fully saturated rings. The number of anilines is 1. The number of benzene rings is 1. The number of nitrogens with zero attached hydrogens (tertiary/aromatic N) is 1. The molecular weight excluding hydrogens is 294 g/mol. The average molecular weight is 312 g/mol. The van der Waals surface area contributed by atoms with Gasteiger partial charge in [-0.3, -0.25) is 4.90 Å². The minimum atomic E-state index is -0.561. The Balaban J connectivity index is 2.24. The van der Waals surface area contributed by atoms with Gasteiger partial charge in [-0.15, -0.1) is 0 Å². The number of esters is 1. The molecule has 0 saturated heterocycles. The fraction of sp³-hybridized carbons (Fsp3) is 0.467. The summed E-state index contributed by atoms with van der Waals surface area (Å²) in [6, 6.07) is 4.93. The normalized spacial score (nSPS) is 13.8. The van der Waals surface area contributed by atoms with Crippen LogP contribution >= 0.6 is 11.6 Å². The van der Waals surface area contributed by atoms with E-state index in [1.807, 2.05) is 26.8 Å². The summed E-state index contributed by atoms with van der Waals surface area (Å²) in [4.78, 5) is 25.4. The number of alkyl halides is 1. The maximum Gasteiger partial charge on any atom is 0.414 e. The number of ether oxygens (including phenoxy) is 2. The third-order valence-electron chi connectivity index (χ3n) is 3.02. The lowest BCUT2D eigenvalue weighted by Crippen LogP contribution is -2.35. The summed E-state index contributed by atoms with van der Waals surface area (Å²) >= 11 is 5.39. The van der Waals surface area contributed by atoms with Crippen LogP contribution in [0.5, 0.6) is 0 Å². The van der Waals surface area contributed by atoms with Crippen LogP contribution < -0.4 is 4.90 Å². The van der Waals surface area contributed by atoms with Crippen molar-refractivity contribution in [2.24, 2.45) is 0 Å². The summed E-state index contributed by atoms with van der Waals surface area (Å²) in [5, 5.41) is 0. The summed E-state index contributed by atoms with van der Waals surface area (Å²) in [5.74, 6) is -0.510. The molecule has 1 aromatic carbocycles. The van der Waals surface area contributed by atoms with Crippen molar-refractivity contribution in [2.45, 2.75) is 32.8 Å². The molecule has 0 aliphatic carbocycles. The quantitative estimate of drug-likeness (QED) is 0.621. The molecule has 21 heavy (non-hydrogen) atoms. The molecule has 1 aliphatic rings. The van der Waals surface area contributed by atoms with Crippen molar-refractivity contribution in [3.63, 3.8) is 0 Å². The van der Waals surface area contributed by atoms with Crippen LogP contribution in [0.3, 0.4) is 0 Å². The molecule has 1 aliphatic heterocycles. The number of carbonyl (C=O) groups excluding carboxylic acids is 2. The second kappa shape index (κ2) is 5.93. The molecular formula is C15H18ClNO4. The van der Waals surface area contributed by atoms with Crippen LogP contribution in [0.25, 0.3) is 0 Å². The topological polar surface area (TPSA) is 55.8 Å². The number of fused-ring (bicyclic) bond motifs is 1. The molecule has 0 spiro atoms. The molecule has 1 aromatic rings. The zero-order chi connectivity index (χ0) is 15.6. The van der Waals surface area contributed by atoms with Crippen LogP contribution in [0.1, 0.15) is 36.7 Å². The van der Waals surface area contributed by atoms with Gasteiger partial charge < -0.3 is 9.47 Å². The third-order valence-corrected chi connectivity index (χ3v) is 3.13. The van der Waals surface area contributed by atoms with Crippen LogP contribution in [0.15, 0.2) is 18.2 Å². The van der Waals surface area contributed by atoms with Crippen molar-refractivity contribution in [3.05, 3.63) is 29.3 Å². The van der Waals surface area contributed by atoms with Gasteiger partial charge in [-0.1, -0.05) is 17.7 Å². The van der Waals surface area contributed by atoms with Gasteiger partial charge in [-0.2, -0.15) is 0 Å². The molecule has 0 radical (unpaired) electrons. The lowest BCUT2D eigenvalue weighted by molar-refractivity contribution is 0.0564. The lowest BCUT2D eigenvalue weighted by atomic mass is 10.1. The molecule has 2 rings (SSSR count). The van der Waals surface area contributed by atoms with Gasteiger partial charge in [0.15, 0.2) is 6.07 Å². The Bertz CT molecular complexity index is 565. The van der Waals surface area contributed by atoms with E-state index in [2.05, 4.69) is 0 Å². The van der Waals surface area contributed by atoms with Gasteiger partial charge in [-0.25, -0.2) is 9.59 Å². The summed E-state index contributed by atoms with van der Waals surface area (Å²) in [5.41, 5.74) is 1.50. The second-order valence-electron chi connectivity index (χ2n) is 5.77. The average Bonchev–Trinajstić information content (AvgIpc) is 2.79. The van der Waals surface area contributed by atoms with E-state index in [1.165, 1.54) is 4.90 Å². The predicted octanol–water partition coefficient (Wildman–Crippen LogP) is 3.34. The highest BCUT2D eigenvalue weighted by Gasteiger charge is 2.29. The van der Waals surface area contributed by atoms with Crippen molar-refractivity contribution < 1.29 is 19.1 Å². The van der Waals surface area contributed by atoms with Gasteiger partial charge in [0.1, 0.15) is 5.60 Å². The summed E-state index contributed by atoms with van der Waals surface area (Å²) in [7, 11) is 0. The van der Waals surface area contributed by atoms with Crippen LogP contribution in [0.2, 0.25) is 0 Å². The standard InChI is InChI=1S/C15H18ClNO4/c1-15(2,3)21-14(19)17-7-6-10-4-5-11(8-12(10)17)13(18)20-9-16/h4-5,8H,6-7,9H2,1-3H3. The minimum Gasteiger partial charge on any atom is -0.446 e. The van der Waals surface area contributed by atoms with Gasteiger partial charge >= 0.3 is 12.1 Å². The molecule has 0 aromatic heterocycles. The van der Waals surface area contributed by atoms with Crippen LogP contribution in [-0.2, 0) is 15.9 Å². The Morgan fingerprint density at radius 1 is 1.33 bits per heavy atom. The fourth-order valence-corrected chi connectivity index (χ4v) is 2.24. The van der Waals surface area contributed by atoms with E-state index in [-0.39, 0.29) is 6.07 Å². The Kier molecular flexibility index (Phi) is 4.42. The third kappa shape index (κ3) is 3.67. The monoisotopic (exact) mass is 311 g/mol. The molecule has 0 N–H and O–H groups in total. The molecule has 6 heteroatoms. The molecule has 0 bridgehead atoms. The maximum absolute atomic E-state index is 12.2. The van der Waals surface area contributed by atoms with Gasteiger partial charge in [0.05, 0.1) is 11.3 Å². The van der Waals surface area contributed by atoms with Crippen molar-refractivity contribution >= 4 is 29.4 Å². The van der Waals surface area contributed by atoms with Gasteiger partial charge in [0.2, 0.25) is 0 Å². The number of rotatable bonds is 2. The Morgan fingerprint density at radius 3 is 2.67 bits per heavy atom. The van der Waals surface area contributed by atoms with Gasteiger partial charge in [-0.05, 0) is 44.9 Å². The highest BCUT2D eigenvalue weighted by Crippen LogP contribution is 2.30. The number of hydrogen-bond donors (Lipinski definition) is 0. The van der Waals surface area contributed by atoms with Crippen molar-refractivity contribution in [1.29, 1.82) is 0 Å². The van der Waals surface area contributed by atoms with Crippen LogP contribution in [-0.4, -0.2) is 30.3 Å². The summed E-state index contributed by atoms with van der Waals surface area (Å²) in [6.45, 7) is 5.99. The lowest BCUT2D eigenvalue weighted by Gasteiger charge is -2.24. The smallest absolute Gasteiger partial charge is 0.414 e. The fourth-order valence-electron chi connectivity index (χ4n) is 2.15. The zero-order valence-electron chi connectivity index (χ0n) is 12.3. The first-order valence-corrected chi connectivity index (χ1v) is 7.22. The molecule has 1 heterocycles. The van der Waals surface area contributed by atoms with E-state index < -0.39 is 17.7 Å². The van der Waals surface area contributed by atoms with Crippen LogP contribution in [0, 0.1) is 0 Å². The van der Waals surface area contributed by atoms with Crippen LogP contribution in [0.4, 0.5) is 10.5 Å².